The molecule has 1 saturated carbocycles. The van der Waals surface area contributed by atoms with E-state index in [1.54, 1.807) is 28.8 Å². The number of benzene rings is 1. The third-order valence-electron chi connectivity index (χ3n) is 6.00. The van der Waals surface area contributed by atoms with Crippen LogP contribution in [0.1, 0.15) is 58.8 Å². The van der Waals surface area contributed by atoms with Crippen LogP contribution in [0.3, 0.4) is 0 Å². The maximum absolute atomic E-state index is 13.6. The molecule has 1 N–H and O–H groups in total. The number of ketones is 1. The molecule has 0 bridgehead atoms. The Kier molecular flexibility index (Phi) is 5.56. The largest absolute Gasteiger partial charge is 0.481 e. The van der Waals surface area contributed by atoms with E-state index in [2.05, 4.69) is 0 Å². The zero-order chi connectivity index (χ0) is 22.3. The Bertz CT molecular complexity index is 1160. The first-order valence-electron chi connectivity index (χ1n) is 9.91. The molecule has 0 unspecified atom stereocenters. The van der Waals surface area contributed by atoms with Gasteiger partial charge in [-0.3, -0.25) is 9.59 Å². The minimum atomic E-state index is -4.72. The van der Waals surface area contributed by atoms with Crippen molar-refractivity contribution in [2.45, 2.75) is 37.8 Å². The second-order valence-electron chi connectivity index (χ2n) is 7.82. The highest BCUT2D eigenvalue weighted by Gasteiger charge is 2.37. The highest BCUT2D eigenvalue weighted by atomic mass is 35.5. The van der Waals surface area contributed by atoms with Gasteiger partial charge in [-0.05, 0) is 67.5 Å². The summed E-state index contributed by atoms with van der Waals surface area (Å²) in [6, 6.07) is 10.2. The fourth-order valence-electron chi connectivity index (χ4n) is 4.45. The molecule has 31 heavy (non-hydrogen) atoms. The van der Waals surface area contributed by atoms with Crippen molar-refractivity contribution in [1.82, 2.24) is 4.40 Å². The van der Waals surface area contributed by atoms with E-state index in [1.165, 1.54) is 12.1 Å². The summed E-state index contributed by atoms with van der Waals surface area (Å²) in [5.74, 6) is -1.97. The number of rotatable bonds is 4. The molecule has 2 aromatic heterocycles. The number of aromatic nitrogens is 1. The van der Waals surface area contributed by atoms with Crippen molar-refractivity contribution in [2.75, 3.05) is 0 Å². The van der Waals surface area contributed by atoms with Crippen LogP contribution >= 0.6 is 11.6 Å². The highest BCUT2D eigenvalue weighted by Crippen LogP contribution is 2.40. The fourth-order valence-corrected chi connectivity index (χ4v) is 4.71. The molecule has 0 spiro atoms. The van der Waals surface area contributed by atoms with Crippen LogP contribution in [-0.4, -0.2) is 21.3 Å². The van der Waals surface area contributed by atoms with Crippen LogP contribution in [-0.2, 0) is 11.0 Å². The number of carbonyl (C=O) groups is 2. The minimum Gasteiger partial charge on any atom is -0.481 e. The summed E-state index contributed by atoms with van der Waals surface area (Å²) in [5.41, 5.74) is 0.0312. The van der Waals surface area contributed by atoms with Crippen LogP contribution in [0.2, 0.25) is 5.02 Å². The Balaban J connectivity index is 1.79. The number of hydrogen-bond donors (Lipinski definition) is 1. The predicted molar refractivity (Wildman–Crippen MR) is 110 cm³/mol. The molecular weight excluding hydrogens is 431 g/mol. The summed E-state index contributed by atoms with van der Waals surface area (Å²) in [4.78, 5) is 24.6. The first-order valence-corrected chi connectivity index (χ1v) is 10.3. The molecule has 0 atom stereocenters. The van der Waals surface area contributed by atoms with Gasteiger partial charge in [0.25, 0.3) is 0 Å². The van der Waals surface area contributed by atoms with Crippen molar-refractivity contribution in [1.29, 1.82) is 0 Å². The van der Waals surface area contributed by atoms with Crippen LogP contribution in [0.25, 0.3) is 5.52 Å². The number of alkyl halides is 3. The number of halogens is 4. The molecule has 4 rings (SSSR count). The van der Waals surface area contributed by atoms with Gasteiger partial charge >= 0.3 is 12.1 Å². The average Bonchev–Trinajstić information content (AvgIpc) is 3.12. The molecule has 1 fully saturated rings. The van der Waals surface area contributed by atoms with E-state index in [1.807, 2.05) is 6.07 Å². The van der Waals surface area contributed by atoms with Gasteiger partial charge in [0.05, 0.1) is 27.8 Å². The summed E-state index contributed by atoms with van der Waals surface area (Å²) < 4.78 is 42.2. The van der Waals surface area contributed by atoms with Crippen molar-refractivity contribution >= 4 is 28.9 Å². The number of hydrogen-bond acceptors (Lipinski definition) is 2. The lowest BCUT2D eigenvalue weighted by atomic mass is 9.79. The van der Waals surface area contributed by atoms with Crippen molar-refractivity contribution in [3.05, 3.63) is 76.1 Å². The summed E-state index contributed by atoms with van der Waals surface area (Å²) in [5, 5.41) is 8.98. The van der Waals surface area contributed by atoms with Gasteiger partial charge in [-0.15, -0.1) is 0 Å². The molecule has 162 valence electrons. The molecule has 0 aliphatic heterocycles. The van der Waals surface area contributed by atoms with Gasteiger partial charge in [0.15, 0.2) is 0 Å². The average molecular weight is 450 g/mol. The van der Waals surface area contributed by atoms with Gasteiger partial charge in [0.1, 0.15) is 0 Å². The van der Waals surface area contributed by atoms with Crippen LogP contribution in [0, 0.1) is 5.92 Å². The maximum Gasteiger partial charge on any atom is 0.417 e. The molecular formula is C23H19ClF3NO3. The lowest BCUT2D eigenvalue weighted by Gasteiger charge is -2.25. The van der Waals surface area contributed by atoms with Crippen molar-refractivity contribution < 1.29 is 27.9 Å². The molecule has 0 amide bonds. The van der Waals surface area contributed by atoms with E-state index in [0.717, 1.165) is 17.1 Å². The van der Waals surface area contributed by atoms with Crippen molar-refractivity contribution in [3.8, 4) is 0 Å². The summed E-state index contributed by atoms with van der Waals surface area (Å²) >= 11 is 6.05. The SMILES string of the molecule is O=C(c1c(Cl)cccc1C(F)(F)F)c1cc(C2CCC(C(=O)O)CC2)c2ccccn12. The van der Waals surface area contributed by atoms with Crippen LogP contribution < -0.4 is 0 Å². The number of carboxylic acids is 1. The third-order valence-corrected chi connectivity index (χ3v) is 6.32. The van der Waals surface area contributed by atoms with Crippen molar-refractivity contribution in [3.63, 3.8) is 0 Å². The van der Waals surface area contributed by atoms with Crippen molar-refractivity contribution in [2.24, 2.45) is 5.92 Å². The van der Waals surface area contributed by atoms with Gasteiger partial charge < -0.3 is 9.51 Å². The lowest BCUT2D eigenvalue weighted by Crippen LogP contribution is -2.20. The molecule has 8 heteroatoms. The molecule has 1 aromatic carbocycles. The van der Waals surface area contributed by atoms with E-state index in [0.29, 0.717) is 25.7 Å². The summed E-state index contributed by atoms with van der Waals surface area (Å²) in [6.45, 7) is 0. The van der Waals surface area contributed by atoms with Gasteiger partial charge in [-0.25, -0.2) is 0 Å². The molecule has 0 saturated heterocycles. The highest BCUT2D eigenvalue weighted by molar-refractivity contribution is 6.35. The summed E-state index contributed by atoms with van der Waals surface area (Å²) in [7, 11) is 0. The van der Waals surface area contributed by atoms with Crippen LogP contribution in [0.15, 0.2) is 48.7 Å². The first kappa shape index (κ1) is 21.4. The lowest BCUT2D eigenvalue weighted by molar-refractivity contribution is -0.143. The predicted octanol–water partition coefficient (Wildman–Crippen LogP) is 6.20. The molecule has 3 aromatic rings. The van der Waals surface area contributed by atoms with Crippen LogP contribution in [0.4, 0.5) is 13.2 Å². The number of carbonyl (C=O) groups excluding carboxylic acids is 1. The quantitative estimate of drug-likeness (QED) is 0.482. The third kappa shape index (κ3) is 3.94. The fraction of sp³-hybridized carbons (Fsp3) is 0.304. The zero-order valence-corrected chi connectivity index (χ0v) is 17.1. The minimum absolute atomic E-state index is 0.0304. The Morgan fingerprint density at radius 1 is 1.03 bits per heavy atom. The van der Waals surface area contributed by atoms with Gasteiger partial charge in [0.2, 0.25) is 5.78 Å². The normalized spacial score (nSPS) is 19.5. The maximum atomic E-state index is 13.6. The monoisotopic (exact) mass is 449 g/mol. The summed E-state index contributed by atoms with van der Waals surface area (Å²) in [6.07, 6.45) is -0.759. The first-order chi connectivity index (χ1) is 14.7. The molecule has 0 radical (unpaired) electrons. The van der Waals surface area contributed by atoms with Gasteiger partial charge in [-0.1, -0.05) is 23.7 Å². The molecule has 1 aliphatic rings. The Labute approximate surface area is 181 Å². The van der Waals surface area contributed by atoms with E-state index in [4.69, 9.17) is 11.6 Å². The Morgan fingerprint density at radius 2 is 1.74 bits per heavy atom. The second kappa shape index (κ2) is 8.04. The number of aliphatic carboxylic acids is 1. The standard InChI is InChI=1S/C23H19ClF3NO3/c24-17-5-3-4-16(23(25,26)27)20(17)21(29)19-12-15(18-6-1-2-11-28(18)19)13-7-9-14(10-8-13)22(30)31/h1-6,11-14H,7-10H2,(H,30,31). The van der Waals surface area contributed by atoms with Crippen LogP contribution in [0.5, 0.6) is 0 Å². The number of fused-ring (bicyclic) bond motifs is 1. The smallest absolute Gasteiger partial charge is 0.417 e. The van der Waals surface area contributed by atoms with Gasteiger partial charge in [-0.2, -0.15) is 13.2 Å². The molecule has 2 heterocycles. The topological polar surface area (TPSA) is 58.8 Å². The number of pyridine rings is 1. The van der Waals surface area contributed by atoms with E-state index in [9.17, 15) is 27.9 Å². The van der Waals surface area contributed by atoms with E-state index in [-0.39, 0.29) is 22.6 Å². The molecule has 4 nitrogen and oxygen atoms in total. The Hall–Kier alpha value is -2.80. The number of carboxylic acid groups (broad SMARTS) is 1. The second-order valence-corrected chi connectivity index (χ2v) is 8.22. The zero-order valence-electron chi connectivity index (χ0n) is 16.3. The van der Waals surface area contributed by atoms with Gasteiger partial charge in [0, 0.05) is 11.7 Å². The van der Waals surface area contributed by atoms with E-state index >= 15 is 0 Å². The molecule has 1 aliphatic carbocycles. The Morgan fingerprint density at radius 3 is 2.39 bits per heavy atom. The number of nitrogens with zero attached hydrogens (tertiary/aromatic N) is 1. The van der Waals surface area contributed by atoms with E-state index < -0.39 is 29.1 Å².